The second-order valence-electron chi connectivity index (χ2n) is 8.40. The summed E-state index contributed by atoms with van der Waals surface area (Å²) in [6, 6.07) is 12.9. The van der Waals surface area contributed by atoms with Gasteiger partial charge in [0.15, 0.2) is 5.75 Å². The topological polar surface area (TPSA) is 79.0 Å². The SMILES string of the molecule is CN1CCN(c2cccc3c2CC(NC(=O)c2ccccc2OS(C)(=O)=O)CC3)CC1. The Morgan fingerprint density at radius 1 is 1.06 bits per heavy atom. The van der Waals surface area contributed by atoms with E-state index >= 15 is 0 Å². The quantitative estimate of drug-likeness (QED) is 0.713. The minimum Gasteiger partial charge on any atom is -0.382 e. The van der Waals surface area contributed by atoms with Crippen LogP contribution in [-0.2, 0) is 23.0 Å². The number of hydrogen-bond acceptors (Lipinski definition) is 6. The summed E-state index contributed by atoms with van der Waals surface area (Å²) in [5.41, 5.74) is 4.16. The molecule has 1 saturated heterocycles. The number of likely N-dealkylation sites (N-methyl/N-ethyl adjacent to an activating group) is 1. The van der Waals surface area contributed by atoms with E-state index in [4.69, 9.17) is 4.18 Å². The van der Waals surface area contributed by atoms with Crippen molar-refractivity contribution in [2.45, 2.75) is 25.3 Å². The molecule has 2 aliphatic rings. The van der Waals surface area contributed by atoms with Gasteiger partial charge in [0.2, 0.25) is 0 Å². The van der Waals surface area contributed by atoms with Gasteiger partial charge in [0, 0.05) is 37.9 Å². The van der Waals surface area contributed by atoms with E-state index in [2.05, 4.69) is 40.4 Å². The number of carbonyl (C=O) groups is 1. The molecule has 0 saturated carbocycles. The van der Waals surface area contributed by atoms with Crippen molar-refractivity contribution in [3.05, 3.63) is 59.2 Å². The molecular weight excluding hydrogens is 414 g/mol. The summed E-state index contributed by atoms with van der Waals surface area (Å²) in [7, 11) is -1.57. The Kier molecular flexibility index (Phi) is 6.20. The fraction of sp³-hybridized carbons (Fsp3) is 0.435. The lowest BCUT2D eigenvalue weighted by molar-refractivity contribution is 0.0932. The van der Waals surface area contributed by atoms with Crippen LogP contribution >= 0.6 is 0 Å². The van der Waals surface area contributed by atoms with Gasteiger partial charge in [-0.15, -0.1) is 0 Å². The molecule has 7 nitrogen and oxygen atoms in total. The van der Waals surface area contributed by atoms with Crippen LogP contribution in [0.15, 0.2) is 42.5 Å². The molecule has 0 bridgehead atoms. The molecule has 31 heavy (non-hydrogen) atoms. The maximum atomic E-state index is 13.0. The van der Waals surface area contributed by atoms with Crippen LogP contribution in [0.4, 0.5) is 5.69 Å². The molecule has 2 aromatic carbocycles. The number of anilines is 1. The van der Waals surface area contributed by atoms with Gasteiger partial charge in [0.1, 0.15) is 0 Å². The molecule has 1 aliphatic carbocycles. The van der Waals surface area contributed by atoms with Crippen molar-refractivity contribution in [1.29, 1.82) is 0 Å². The molecule has 4 rings (SSSR count). The zero-order chi connectivity index (χ0) is 22.0. The van der Waals surface area contributed by atoms with E-state index in [-0.39, 0.29) is 23.3 Å². The Bertz CT molecular complexity index is 1060. The zero-order valence-electron chi connectivity index (χ0n) is 18.0. The average molecular weight is 444 g/mol. The number of nitrogens with one attached hydrogen (secondary N) is 1. The molecule has 1 fully saturated rings. The number of benzene rings is 2. The van der Waals surface area contributed by atoms with Crippen molar-refractivity contribution in [2.24, 2.45) is 0 Å². The Hall–Kier alpha value is -2.58. The molecule has 0 radical (unpaired) electrons. The fourth-order valence-electron chi connectivity index (χ4n) is 4.39. The van der Waals surface area contributed by atoms with Crippen LogP contribution in [0.1, 0.15) is 27.9 Å². The molecule has 1 N–H and O–H groups in total. The highest BCUT2D eigenvalue weighted by molar-refractivity contribution is 7.86. The van der Waals surface area contributed by atoms with Gasteiger partial charge in [-0.1, -0.05) is 24.3 Å². The molecule has 1 heterocycles. The lowest BCUT2D eigenvalue weighted by Gasteiger charge is -2.37. The number of carbonyl (C=O) groups excluding carboxylic acids is 1. The van der Waals surface area contributed by atoms with Crippen LogP contribution in [0.25, 0.3) is 0 Å². The van der Waals surface area contributed by atoms with Crippen LogP contribution in [0.5, 0.6) is 5.75 Å². The van der Waals surface area contributed by atoms with Crippen LogP contribution in [0.2, 0.25) is 0 Å². The Morgan fingerprint density at radius 3 is 2.55 bits per heavy atom. The first-order chi connectivity index (χ1) is 14.8. The van der Waals surface area contributed by atoms with Gasteiger partial charge in [0.25, 0.3) is 5.91 Å². The molecule has 8 heteroatoms. The summed E-state index contributed by atoms with van der Waals surface area (Å²) in [4.78, 5) is 17.7. The number of fused-ring (bicyclic) bond motifs is 1. The molecule has 166 valence electrons. The van der Waals surface area contributed by atoms with E-state index in [9.17, 15) is 13.2 Å². The van der Waals surface area contributed by atoms with Crippen LogP contribution in [-0.4, -0.2) is 64.7 Å². The van der Waals surface area contributed by atoms with Gasteiger partial charge in [-0.25, -0.2) is 0 Å². The van der Waals surface area contributed by atoms with E-state index in [0.29, 0.717) is 0 Å². The standard InChI is InChI=1S/C23H29N3O4S/c1-25-12-14-26(15-13-25)21-8-5-6-17-10-11-18(16-20(17)21)24-23(27)19-7-3-4-9-22(19)30-31(2,28)29/h3-9,18H,10-16H2,1-2H3,(H,24,27). The lowest BCUT2D eigenvalue weighted by atomic mass is 9.86. The zero-order valence-corrected chi connectivity index (χ0v) is 18.8. The van der Waals surface area contributed by atoms with Gasteiger partial charge in [-0.05, 0) is 55.6 Å². The summed E-state index contributed by atoms with van der Waals surface area (Å²) in [6.45, 7) is 4.09. The molecule has 1 atom stereocenters. The number of amides is 1. The number of rotatable bonds is 5. The first-order valence-corrected chi connectivity index (χ1v) is 12.5. The molecule has 0 spiro atoms. The molecule has 1 unspecified atom stereocenters. The lowest BCUT2D eigenvalue weighted by Crippen LogP contribution is -2.45. The van der Waals surface area contributed by atoms with Crippen LogP contribution < -0.4 is 14.4 Å². The summed E-state index contributed by atoms with van der Waals surface area (Å²) in [5, 5.41) is 3.10. The average Bonchev–Trinajstić information content (AvgIpc) is 2.73. The Balaban J connectivity index is 1.51. The third kappa shape index (κ3) is 5.19. The number of nitrogens with zero attached hydrogens (tertiary/aromatic N) is 2. The first kappa shape index (κ1) is 21.6. The molecule has 0 aromatic heterocycles. The van der Waals surface area contributed by atoms with Gasteiger partial charge < -0.3 is 19.3 Å². The fourth-order valence-corrected chi connectivity index (χ4v) is 4.86. The maximum Gasteiger partial charge on any atom is 0.306 e. The largest absolute Gasteiger partial charge is 0.382 e. The second-order valence-corrected chi connectivity index (χ2v) is 9.98. The van der Waals surface area contributed by atoms with Crippen molar-refractivity contribution in [2.75, 3.05) is 44.4 Å². The van der Waals surface area contributed by atoms with Crippen molar-refractivity contribution in [3.63, 3.8) is 0 Å². The summed E-state index contributed by atoms with van der Waals surface area (Å²) in [6.07, 6.45) is 3.49. The minimum absolute atomic E-state index is 0.0140. The highest BCUT2D eigenvalue weighted by atomic mass is 32.2. The van der Waals surface area contributed by atoms with Crippen molar-refractivity contribution in [1.82, 2.24) is 10.2 Å². The predicted molar refractivity (Wildman–Crippen MR) is 121 cm³/mol. The van der Waals surface area contributed by atoms with E-state index in [1.54, 1.807) is 18.2 Å². The van der Waals surface area contributed by atoms with Crippen molar-refractivity contribution < 1.29 is 17.4 Å². The summed E-state index contributed by atoms with van der Waals surface area (Å²) in [5.74, 6) is -0.262. The third-order valence-electron chi connectivity index (χ3n) is 6.01. The predicted octanol–water partition coefficient (Wildman–Crippen LogP) is 2.06. The smallest absolute Gasteiger partial charge is 0.306 e. The number of piperazine rings is 1. The molecule has 1 aliphatic heterocycles. The number of hydrogen-bond donors (Lipinski definition) is 1. The van der Waals surface area contributed by atoms with Crippen molar-refractivity contribution >= 4 is 21.7 Å². The van der Waals surface area contributed by atoms with Gasteiger partial charge >= 0.3 is 10.1 Å². The minimum atomic E-state index is -3.72. The van der Waals surface area contributed by atoms with E-state index < -0.39 is 10.1 Å². The highest BCUT2D eigenvalue weighted by Gasteiger charge is 2.26. The van der Waals surface area contributed by atoms with E-state index in [1.165, 1.54) is 22.9 Å². The van der Waals surface area contributed by atoms with Gasteiger partial charge in [0.05, 0.1) is 11.8 Å². The van der Waals surface area contributed by atoms with Gasteiger partial charge in [-0.2, -0.15) is 8.42 Å². The van der Waals surface area contributed by atoms with Gasteiger partial charge in [-0.3, -0.25) is 4.79 Å². The van der Waals surface area contributed by atoms with E-state index in [1.807, 2.05) is 0 Å². The van der Waals surface area contributed by atoms with Crippen LogP contribution in [0, 0.1) is 0 Å². The van der Waals surface area contributed by atoms with Crippen molar-refractivity contribution in [3.8, 4) is 5.75 Å². The number of para-hydroxylation sites is 1. The third-order valence-corrected chi connectivity index (χ3v) is 6.50. The monoisotopic (exact) mass is 443 g/mol. The second kappa shape index (κ2) is 8.88. The number of aryl methyl sites for hydroxylation is 1. The maximum absolute atomic E-state index is 13.0. The molecule has 1 amide bonds. The first-order valence-electron chi connectivity index (χ1n) is 10.6. The normalized spacial score (nSPS) is 19.5. The molecular formula is C23H29N3O4S. The van der Waals surface area contributed by atoms with E-state index in [0.717, 1.165) is 51.7 Å². The Labute approximate surface area is 184 Å². The Morgan fingerprint density at radius 2 is 1.81 bits per heavy atom. The highest BCUT2D eigenvalue weighted by Crippen LogP contribution is 2.31. The molecule has 2 aromatic rings. The summed E-state index contributed by atoms with van der Waals surface area (Å²) >= 11 is 0. The van der Waals surface area contributed by atoms with Crippen LogP contribution in [0.3, 0.4) is 0 Å². The summed E-state index contributed by atoms with van der Waals surface area (Å²) < 4.78 is 28.1.